The monoisotopic (exact) mass is 357 g/mol. The number of aromatic nitrogens is 2. The third-order valence-corrected chi connectivity index (χ3v) is 5.16. The van der Waals surface area contributed by atoms with Gasteiger partial charge in [-0.2, -0.15) is 0 Å². The Morgan fingerprint density at radius 3 is 2.72 bits per heavy atom. The lowest BCUT2D eigenvalue weighted by Crippen LogP contribution is -2.34. The summed E-state index contributed by atoms with van der Waals surface area (Å²) in [5.41, 5.74) is 2.79. The SMILES string of the molecule is Cc1cc(-c2c(N3CCC(C)CC3)c3cc(Cl)ccc3[nH]c2=O)on1. The Balaban J connectivity index is 2.00. The van der Waals surface area contributed by atoms with Crippen LogP contribution in [-0.4, -0.2) is 23.2 Å². The second-order valence-corrected chi connectivity index (χ2v) is 7.31. The summed E-state index contributed by atoms with van der Waals surface area (Å²) in [6.07, 6.45) is 2.20. The first-order chi connectivity index (χ1) is 12.0. The molecule has 0 saturated carbocycles. The van der Waals surface area contributed by atoms with Gasteiger partial charge in [0, 0.05) is 29.6 Å². The van der Waals surface area contributed by atoms with Crippen molar-refractivity contribution in [3.05, 3.63) is 45.3 Å². The summed E-state index contributed by atoms with van der Waals surface area (Å²) in [6, 6.07) is 7.36. The van der Waals surface area contributed by atoms with Gasteiger partial charge >= 0.3 is 0 Å². The Bertz CT molecular complexity index is 984. The van der Waals surface area contributed by atoms with Crippen LogP contribution in [0.15, 0.2) is 33.6 Å². The normalized spacial score (nSPS) is 15.9. The van der Waals surface area contributed by atoms with Gasteiger partial charge in [0.2, 0.25) is 0 Å². The van der Waals surface area contributed by atoms with Crippen LogP contribution in [0.1, 0.15) is 25.5 Å². The lowest BCUT2D eigenvalue weighted by Gasteiger charge is -2.33. The van der Waals surface area contributed by atoms with Gasteiger partial charge in [-0.3, -0.25) is 4.79 Å². The van der Waals surface area contributed by atoms with Crippen LogP contribution < -0.4 is 10.5 Å². The van der Waals surface area contributed by atoms with Crippen LogP contribution in [0, 0.1) is 12.8 Å². The minimum Gasteiger partial charge on any atom is -0.370 e. The molecule has 1 N–H and O–H groups in total. The molecule has 0 spiro atoms. The highest BCUT2D eigenvalue weighted by molar-refractivity contribution is 6.31. The van der Waals surface area contributed by atoms with E-state index < -0.39 is 0 Å². The molecule has 130 valence electrons. The lowest BCUT2D eigenvalue weighted by molar-refractivity contribution is 0.425. The molecule has 0 unspecified atom stereocenters. The molecule has 3 heterocycles. The molecule has 0 radical (unpaired) electrons. The minimum absolute atomic E-state index is 0.167. The standard InChI is InChI=1S/C19H20ClN3O2/c1-11-5-7-23(8-6-11)18-14-10-13(20)3-4-15(14)21-19(24)17(18)16-9-12(2)22-25-16/h3-4,9-11H,5-8H2,1-2H3,(H,21,24). The fourth-order valence-corrected chi connectivity index (χ4v) is 3.69. The van der Waals surface area contributed by atoms with E-state index in [9.17, 15) is 4.79 Å². The lowest BCUT2D eigenvalue weighted by atomic mass is 9.97. The summed E-state index contributed by atoms with van der Waals surface area (Å²) in [7, 11) is 0. The van der Waals surface area contributed by atoms with Gasteiger partial charge in [-0.15, -0.1) is 0 Å². The highest BCUT2D eigenvalue weighted by atomic mass is 35.5. The van der Waals surface area contributed by atoms with Crippen LogP contribution in [0.4, 0.5) is 5.69 Å². The predicted octanol–water partition coefficient (Wildman–Crippen LogP) is 4.38. The van der Waals surface area contributed by atoms with E-state index in [0.29, 0.717) is 22.3 Å². The molecule has 1 aliphatic heterocycles. The number of hydrogen-bond donors (Lipinski definition) is 1. The Morgan fingerprint density at radius 1 is 1.28 bits per heavy atom. The van der Waals surface area contributed by atoms with E-state index in [1.165, 1.54) is 0 Å². The third kappa shape index (κ3) is 2.93. The molecule has 1 aliphatic rings. The van der Waals surface area contributed by atoms with E-state index in [0.717, 1.165) is 48.2 Å². The second kappa shape index (κ2) is 6.23. The Morgan fingerprint density at radius 2 is 2.04 bits per heavy atom. The van der Waals surface area contributed by atoms with Gasteiger partial charge in [0.25, 0.3) is 5.56 Å². The van der Waals surface area contributed by atoms with Crippen molar-refractivity contribution >= 4 is 28.2 Å². The van der Waals surface area contributed by atoms with Gasteiger partial charge in [-0.25, -0.2) is 0 Å². The maximum Gasteiger partial charge on any atom is 0.261 e. The topological polar surface area (TPSA) is 62.1 Å². The number of H-pyrrole nitrogens is 1. The van der Waals surface area contributed by atoms with Crippen molar-refractivity contribution in [2.75, 3.05) is 18.0 Å². The van der Waals surface area contributed by atoms with Crippen molar-refractivity contribution in [2.45, 2.75) is 26.7 Å². The van der Waals surface area contributed by atoms with E-state index in [1.807, 2.05) is 19.1 Å². The van der Waals surface area contributed by atoms with Crippen molar-refractivity contribution in [1.82, 2.24) is 10.1 Å². The van der Waals surface area contributed by atoms with Crippen LogP contribution in [0.2, 0.25) is 5.02 Å². The highest BCUT2D eigenvalue weighted by Gasteiger charge is 2.25. The Labute approximate surface area is 150 Å². The molecule has 25 heavy (non-hydrogen) atoms. The third-order valence-electron chi connectivity index (χ3n) is 4.92. The number of halogens is 1. The molecule has 5 nitrogen and oxygen atoms in total. The summed E-state index contributed by atoms with van der Waals surface area (Å²) in [4.78, 5) is 18.1. The zero-order chi connectivity index (χ0) is 17.6. The zero-order valence-electron chi connectivity index (χ0n) is 14.3. The van der Waals surface area contributed by atoms with Gasteiger partial charge in [-0.05, 0) is 43.9 Å². The number of nitrogens with zero attached hydrogens (tertiary/aromatic N) is 2. The van der Waals surface area contributed by atoms with E-state index in [1.54, 1.807) is 12.1 Å². The number of pyridine rings is 1. The van der Waals surface area contributed by atoms with Crippen molar-refractivity contribution in [1.29, 1.82) is 0 Å². The van der Waals surface area contributed by atoms with E-state index in [-0.39, 0.29) is 5.56 Å². The second-order valence-electron chi connectivity index (χ2n) is 6.87. The number of rotatable bonds is 2. The fraction of sp³-hybridized carbons (Fsp3) is 0.368. The van der Waals surface area contributed by atoms with Crippen LogP contribution in [-0.2, 0) is 0 Å². The van der Waals surface area contributed by atoms with Crippen LogP contribution in [0.3, 0.4) is 0 Å². The molecule has 1 fully saturated rings. The number of aryl methyl sites for hydroxylation is 1. The molecule has 1 saturated heterocycles. The number of piperidine rings is 1. The fourth-order valence-electron chi connectivity index (χ4n) is 3.52. The number of benzene rings is 1. The van der Waals surface area contributed by atoms with Crippen LogP contribution >= 0.6 is 11.6 Å². The first-order valence-corrected chi connectivity index (χ1v) is 8.95. The van der Waals surface area contributed by atoms with Crippen molar-refractivity contribution in [2.24, 2.45) is 5.92 Å². The molecule has 0 aliphatic carbocycles. The smallest absolute Gasteiger partial charge is 0.261 e. The predicted molar refractivity (Wildman–Crippen MR) is 100 cm³/mol. The van der Waals surface area contributed by atoms with Crippen molar-refractivity contribution < 1.29 is 4.52 Å². The average Bonchev–Trinajstić information content (AvgIpc) is 3.01. The van der Waals surface area contributed by atoms with Crippen LogP contribution in [0.25, 0.3) is 22.2 Å². The first kappa shape index (κ1) is 16.2. The Kier molecular flexibility index (Phi) is 4.04. The summed E-state index contributed by atoms with van der Waals surface area (Å²) in [6.45, 7) is 5.94. The maximum atomic E-state index is 12.9. The molecule has 1 aromatic carbocycles. The number of nitrogens with one attached hydrogen (secondary N) is 1. The zero-order valence-corrected chi connectivity index (χ0v) is 15.1. The summed E-state index contributed by atoms with van der Waals surface area (Å²) < 4.78 is 5.43. The van der Waals surface area contributed by atoms with E-state index in [4.69, 9.17) is 16.1 Å². The molecule has 0 atom stereocenters. The molecule has 0 bridgehead atoms. The van der Waals surface area contributed by atoms with Crippen LogP contribution in [0.5, 0.6) is 0 Å². The van der Waals surface area contributed by atoms with Gasteiger partial charge in [0.05, 0.1) is 16.9 Å². The van der Waals surface area contributed by atoms with Gasteiger partial charge < -0.3 is 14.4 Å². The summed E-state index contributed by atoms with van der Waals surface area (Å²) >= 11 is 6.25. The number of aromatic amines is 1. The average molecular weight is 358 g/mol. The molecule has 0 amide bonds. The van der Waals surface area contributed by atoms with Gasteiger partial charge in [0.1, 0.15) is 5.56 Å². The molecule has 3 aromatic rings. The maximum absolute atomic E-state index is 12.9. The summed E-state index contributed by atoms with van der Waals surface area (Å²) in [5.74, 6) is 1.19. The minimum atomic E-state index is -0.167. The molecular formula is C19H20ClN3O2. The van der Waals surface area contributed by atoms with E-state index in [2.05, 4.69) is 22.0 Å². The first-order valence-electron chi connectivity index (χ1n) is 8.57. The van der Waals surface area contributed by atoms with Gasteiger partial charge in [-0.1, -0.05) is 23.7 Å². The van der Waals surface area contributed by atoms with Crippen molar-refractivity contribution in [3.63, 3.8) is 0 Å². The quantitative estimate of drug-likeness (QED) is 0.739. The molecule has 6 heteroatoms. The van der Waals surface area contributed by atoms with Gasteiger partial charge in [0.15, 0.2) is 5.76 Å². The largest absolute Gasteiger partial charge is 0.370 e. The highest BCUT2D eigenvalue weighted by Crippen LogP contribution is 2.37. The van der Waals surface area contributed by atoms with Crippen molar-refractivity contribution in [3.8, 4) is 11.3 Å². The number of anilines is 1. The number of fused-ring (bicyclic) bond motifs is 1. The summed E-state index contributed by atoms with van der Waals surface area (Å²) in [5, 5.41) is 5.54. The molecular weight excluding hydrogens is 338 g/mol. The molecule has 4 rings (SSSR count). The van der Waals surface area contributed by atoms with E-state index >= 15 is 0 Å². The Hall–Kier alpha value is -2.27. The molecule has 2 aromatic heterocycles. The number of hydrogen-bond acceptors (Lipinski definition) is 4.